The quantitative estimate of drug-likeness (QED) is 0.702. The van der Waals surface area contributed by atoms with Crippen molar-refractivity contribution >= 4 is 5.91 Å². The third-order valence-corrected chi connectivity index (χ3v) is 5.80. The average Bonchev–Trinajstić information content (AvgIpc) is 3.18. The van der Waals surface area contributed by atoms with Crippen molar-refractivity contribution in [1.29, 1.82) is 0 Å². The number of amides is 1. The summed E-state index contributed by atoms with van der Waals surface area (Å²) < 4.78 is 5.30. The first kappa shape index (κ1) is 22.5. The predicted molar refractivity (Wildman–Crippen MR) is 118 cm³/mol. The molecule has 164 valence electrons. The van der Waals surface area contributed by atoms with Crippen LogP contribution in [0.3, 0.4) is 0 Å². The van der Waals surface area contributed by atoms with Gasteiger partial charge >= 0.3 is 0 Å². The Labute approximate surface area is 180 Å². The Morgan fingerprint density at radius 1 is 1.20 bits per heavy atom. The van der Waals surface area contributed by atoms with E-state index in [1.54, 1.807) is 0 Å². The SMILES string of the molecule is CC1CCN(Cc2ccccc2CNC(=O)CCCc2nc(C(C)(C)C)no2)CC1. The van der Waals surface area contributed by atoms with Crippen molar-refractivity contribution in [2.24, 2.45) is 5.92 Å². The Balaban J connectivity index is 1.43. The molecule has 1 amide bonds. The van der Waals surface area contributed by atoms with E-state index in [1.165, 1.54) is 24.0 Å². The molecule has 2 aromatic rings. The molecular formula is C24H36N4O2. The first-order chi connectivity index (χ1) is 14.3. The second-order valence-corrected chi connectivity index (χ2v) is 9.62. The van der Waals surface area contributed by atoms with Crippen molar-refractivity contribution in [2.75, 3.05) is 13.1 Å². The Morgan fingerprint density at radius 3 is 2.57 bits per heavy atom. The number of carbonyl (C=O) groups excluding carboxylic acids is 1. The highest BCUT2D eigenvalue weighted by Gasteiger charge is 2.21. The van der Waals surface area contributed by atoms with Gasteiger partial charge in [-0.1, -0.05) is 57.1 Å². The van der Waals surface area contributed by atoms with Crippen LogP contribution in [0.2, 0.25) is 0 Å². The van der Waals surface area contributed by atoms with Gasteiger partial charge in [-0.3, -0.25) is 9.69 Å². The molecule has 0 bridgehead atoms. The zero-order valence-corrected chi connectivity index (χ0v) is 18.9. The summed E-state index contributed by atoms with van der Waals surface area (Å²) in [6, 6.07) is 8.44. The van der Waals surface area contributed by atoms with Crippen LogP contribution in [-0.4, -0.2) is 34.0 Å². The number of nitrogens with one attached hydrogen (secondary N) is 1. The van der Waals surface area contributed by atoms with Gasteiger partial charge in [0.15, 0.2) is 5.82 Å². The first-order valence-corrected chi connectivity index (χ1v) is 11.2. The van der Waals surface area contributed by atoms with E-state index in [2.05, 4.69) is 66.3 Å². The van der Waals surface area contributed by atoms with E-state index in [4.69, 9.17) is 4.52 Å². The standard InChI is InChI=1S/C24H36N4O2/c1-18-12-14-28(15-13-18)17-20-9-6-5-8-19(20)16-25-21(29)10-7-11-22-26-23(27-30-22)24(2,3)4/h5-6,8-9,18H,7,10-17H2,1-4H3,(H,25,29). The van der Waals surface area contributed by atoms with Crippen LogP contribution in [0.1, 0.15) is 76.2 Å². The lowest BCUT2D eigenvalue weighted by Crippen LogP contribution is -2.33. The Morgan fingerprint density at radius 2 is 1.90 bits per heavy atom. The van der Waals surface area contributed by atoms with Crippen LogP contribution in [-0.2, 0) is 29.7 Å². The van der Waals surface area contributed by atoms with Crippen molar-refractivity contribution < 1.29 is 9.32 Å². The molecule has 0 unspecified atom stereocenters. The summed E-state index contributed by atoms with van der Waals surface area (Å²) >= 11 is 0. The molecule has 2 heterocycles. The van der Waals surface area contributed by atoms with Gasteiger partial charge in [0, 0.05) is 31.3 Å². The molecule has 0 spiro atoms. The Bertz CT molecular complexity index is 817. The minimum Gasteiger partial charge on any atom is -0.352 e. The maximum absolute atomic E-state index is 12.3. The number of nitrogens with zero attached hydrogens (tertiary/aromatic N) is 3. The van der Waals surface area contributed by atoms with E-state index < -0.39 is 0 Å². The van der Waals surface area contributed by atoms with E-state index in [0.29, 0.717) is 37.5 Å². The highest BCUT2D eigenvalue weighted by Crippen LogP contribution is 2.20. The van der Waals surface area contributed by atoms with Crippen LogP contribution in [0.25, 0.3) is 0 Å². The summed E-state index contributed by atoms with van der Waals surface area (Å²) in [5, 5.41) is 7.11. The lowest BCUT2D eigenvalue weighted by molar-refractivity contribution is -0.121. The van der Waals surface area contributed by atoms with Crippen LogP contribution >= 0.6 is 0 Å². The lowest BCUT2D eigenvalue weighted by Gasteiger charge is -2.30. The van der Waals surface area contributed by atoms with Gasteiger partial charge in [-0.2, -0.15) is 4.98 Å². The molecule has 0 aliphatic carbocycles. The summed E-state index contributed by atoms with van der Waals surface area (Å²) in [5.41, 5.74) is 2.39. The molecule has 0 radical (unpaired) electrons. The maximum Gasteiger partial charge on any atom is 0.226 e. The summed E-state index contributed by atoms with van der Waals surface area (Å²) in [5.74, 6) is 2.21. The summed E-state index contributed by atoms with van der Waals surface area (Å²) in [6.07, 6.45) is 4.33. The van der Waals surface area contributed by atoms with Gasteiger partial charge in [-0.25, -0.2) is 0 Å². The number of carbonyl (C=O) groups is 1. The molecule has 1 aliphatic heterocycles. The van der Waals surface area contributed by atoms with E-state index in [9.17, 15) is 4.79 Å². The number of aryl methyl sites for hydroxylation is 1. The third kappa shape index (κ3) is 6.66. The maximum atomic E-state index is 12.3. The largest absolute Gasteiger partial charge is 0.352 e. The van der Waals surface area contributed by atoms with Gasteiger partial charge in [-0.05, 0) is 49.4 Å². The lowest BCUT2D eigenvalue weighted by atomic mass is 9.96. The highest BCUT2D eigenvalue weighted by atomic mass is 16.5. The topological polar surface area (TPSA) is 71.3 Å². The molecule has 1 saturated heterocycles. The minimum absolute atomic E-state index is 0.0622. The number of benzene rings is 1. The van der Waals surface area contributed by atoms with Gasteiger partial charge in [0.1, 0.15) is 0 Å². The average molecular weight is 413 g/mol. The van der Waals surface area contributed by atoms with Crippen molar-refractivity contribution in [3.05, 3.63) is 47.1 Å². The second-order valence-electron chi connectivity index (χ2n) is 9.62. The molecule has 1 aromatic heterocycles. The smallest absolute Gasteiger partial charge is 0.226 e. The number of hydrogen-bond acceptors (Lipinski definition) is 5. The van der Waals surface area contributed by atoms with Crippen LogP contribution < -0.4 is 5.32 Å². The van der Waals surface area contributed by atoms with Crippen LogP contribution in [0.15, 0.2) is 28.8 Å². The number of aromatic nitrogens is 2. The molecule has 3 rings (SSSR count). The molecule has 6 nitrogen and oxygen atoms in total. The zero-order chi connectivity index (χ0) is 21.6. The van der Waals surface area contributed by atoms with Gasteiger partial charge in [0.25, 0.3) is 0 Å². The minimum atomic E-state index is -0.126. The summed E-state index contributed by atoms with van der Waals surface area (Å²) in [7, 11) is 0. The molecular weight excluding hydrogens is 376 g/mol. The summed E-state index contributed by atoms with van der Waals surface area (Å²) in [4.78, 5) is 19.3. The second kappa shape index (κ2) is 10.2. The first-order valence-electron chi connectivity index (χ1n) is 11.2. The van der Waals surface area contributed by atoms with E-state index in [0.717, 1.165) is 25.6 Å². The molecule has 1 aliphatic rings. The van der Waals surface area contributed by atoms with Crippen molar-refractivity contribution in [3.63, 3.8) is 0 Å². The number of rotatable bonds is 8. The molecule has 0 atom stereocenters. The monoisotopic (exact) mass is 412 g/mol. The molecule has 1 aromatic carbocycles. The van der Waals surface area contributed by atoms with E-state index in [1.807, 2.05) is 6.07 Å². The van der Waals surface area contributed by atoms with Gasteiger partial charge in [0.05, 0.1) is 0 Å². The summed E-state index contributed by atoms with van der Waals surface area (Å²) in [6.45, 7) is 12.4. The van der Waals surface area contributed by atoms with Crippen LogP contribution in [0, 0.1) is 5.92 Å². The number of hydrogen-bond donors (Lipinski definition) is 1. The number of piperidine rings is 1. The number of likely N-dealkylation sites (tertiary alicyclic amines) is 1. The Hall–Kier alpha value is -2.21. The van der Waals surface area contributed by atoms with Gasteiger partial charge in [-0.15, -0.1) is 0 Å². The van der Waals surface area contributed by atoms with Gasteiger partial charge in [0.2, 0.25) is 11.8 Å². The van der Waals surface area contributed by atoms with Crippen LogP contribution in [0.4, 0.5) is 0 Å². The predicted octanol–water partition coefficient (Wildman–Crippen LogP) is 4.24. The van der Waals surface area contributed by atoms with Crippen molar-refractivity contribution in [3.8, 4) is 0 Å². The van der Waals surface area contributed by atoms with Gasteiger partial charge < -0.3 is 9.84 Å². The van der Waals surface area contributed by atoms with Crippen molar-refractivity contribution in [2.45, 2.75) is 78.3 Å². The van der Waals surface area contributed by atoms with Crippen LogP contribution in [0.5, 0.6) is 0 Å². The molecule has 1 N–H and O–H groups in total. The molecule has 1 fully saturated rings. The highest BCUT2D eigenvalue weighted by molar-refractivity contribution is 5.75. The van der Waals surface area contributed by atoms with E-state index >= 15 is 0 Å². The fourth-order valence-corrected chi connectivity index (χ4v) is 3.69. The fraction of sp³-hybridized carbons (Fsp3) is 0.625. The fourth-order valence-electron chi connectivity index (χ4n) is 3.69. The van der Waals surface area contributed by atoms with E-state index in [-0.39, 0.29) is 11.3 Å². The third-order valence-electron chi connectivity index (χ3n) is 5.80. The molecule has 6 heteroatoms. The normalized spacial score (nSPS) is 16.0. The molecule has 0 saturated carbocycles. The zero-order valence-electron chi connectivity index (χ0n) is 18.9. The van der Waals surface area contributed by atoms with Crippen molar-refractivity contribution in [1.82, 2.24) is 20.4 Å². The molecule has 30 heavy (non-hydrogen) atoms. The Kier molecular flexibility index (Phi) is 7.64.